The Morgan fingerprint density at radius 1 is 1.64 bits per heavy atom. The van der Waals surface area contributed by atoms with Crippen LogP contribution in [-0.2, 0) is 11.2 Å². The Bertz CT molecular complexity index is 315. The van der Waals surface area contributed by atoms with Crippen molar-refractivity contribution in [2.45, 2.75) is 25.9 Å². The Hall–Kier alpha value is -1.16. The van der Waals surface area contributed by atoms with E-state index in [0.717, 1.165) is 27.7 Å². The number of nitrogens with zero attached hydrogens (tertiary/aromatic N) is 1. The van der Waals surface area contributed by atoms with E-state index >= 15 is 0 Å². The van der Waals surface area contributed by atoms with E-state index in [1.807, 2.05) is 0 Å². The van der Waals surface area contributed by atoms with Gasteiger partial charge in [0, 0.05) is 22.6 Å². The van der Waals surface area contributed by atoms with E-state index in [-0.39, 0.29) is 5.97 Å². The van der Waals surface area contributed by atoms with Gasteiger partial charge in [0.2, 0.25) is 0 Å². The van der Waals surface area contributed by atoms with E-state index in [9.17, 15) is 4.79 Å². The van der Waals surface area contributed by atoms with Crippen LogP contribution in [0.25, 0.3) is 0 Å². The van der Waals surface area contributed by atoms with Crippen molar-refractivity contribution < 1.29 is 9.53 Å². The van der Waals surface area contributed by atoms with Gasteiger partial charge in [0.15, 0.2) is 5.75 Å². The third kappa shape index (κ3) is 3.30. The first-order chi connectivity index (χ1) is 6.74. The third-order valence-corrected chi connectivity index (χ3v) is 2.46. The van der Waals surface area contributed by atoms with Gasteiger partial charge in [0.1, 0.15) is 0 Å². The monoisotopic (exact) mass is 207 g/mol. The van der Waals surface area contributed by atoms with Crippen LogP contribution in [0.2, 0.25) is 12.6 Å². The average molecular weight is 207 g/mol. The predicted molar refractivity (Wildman–Crippen MR) is 55.7 cm³/mol. The smallest absolute Gasteiger partial charge is 0.308 e. The van der Waals surface area contributed by atoms with E-state index < -0.39 is 0 Å². The van der Waals surface area contributed by atoms with Crippen molar-refractivity contribution in [3.8, 4) is 5.75 Å². The van der Waals surface area contributed by atoms with Gasteiger partial charge in [-0.25, -0.2) is 0 Å². The Morgan fingerprint density at radius 3 is 3.07 bits per heavy atom. The Labute approximate surface area is 86.3 Å². The van der Waals surface area contributed by atoms with E-state index in [2.05, 4.69) is 11.5 Å². The van der Waals surface area contributed by atoms with E-state index in [1.165, 1.54) is 6.92 Å². The molecular weight excluding hydrogens is 194 g/mol. The number of rotatable bonds is 4. The fraction of sp³-hybridized carbons (Fsp3) is 0.400. The zero-order valence-corrected chi connectivity index (χ0v) is 9.41. The summed E-state index contributed by atoms with van der Waals surface area (Å²) in [6, 6.07) is 4.64. The summed E-state index contributed by atoms with van der Waals surface area (Å²) < 4.78 is 5.04. The predicted octanol–water partition coefficient (Wildman–Crippen LogP) is 1.72. The van der Waals surface area contributed by atoms with Crippen LogP contribution in [0.4, 0.5) is 0 Å². The molecule has 0 fully saturated rings. The minimum atomic E-state index is -0.293. The van der Waals surface area contributed by atoms with Gasteiger partial charge in [0.05, 0.1) is 5.69 Å². The number of carbonyl (C=O) groups is 1. The summed E-state index contributed by atoms with van der Waals surface area (Å²) >= 11 is 0. The quantitative estimate of drug-likeness (QED) is 0.557. The standard InChI is InChI=1S/C10H13NO2Si/c1-8(12)13-10-4-3-6-11-9(10)5-7-14-2/h3-4,6H,5,7H2,1-2H3. The first-order valence-electron chi connectivity index (χ1n) is 4.51. The second kappa shape index (κ2) is 5.54. The molecule has 1 heterocycles. The van der Waals surface area contributed by atoms with Crippen molar-refractivity contribution in [3.05, 3.63) is 24.0 Å². The molecule has 1 aromatic rings. The number of ether oxygens (including phenoxy) is 1. The maximum Gasteiger partial charge on any atom is 0.308 e. The lowest BCUT2D eigenvalue weighted by atomic mass is 10.2. The summed E-state index contributed by atoms with van der Waals surface area (Å²) in [5.41, 5.74) is 0.872. The molecule has 0 aliphatic carbocycles. The number of esters is 1. The van der Waals surface area contributed by atoms with Gasteiger partial charge in [-0.3, -0.25) is 9.78 Å². The Morgan fingerprint density at radius 2 is 2.43 bits per heavy atom. The van der Waals surface area contributed by atoms with Gasteiger partial charge < -0.3 is 4.74 Å². The van der Waals surface area contributed by atoms with Crippen LogP contribution in [0.1, 0.15) is 12.6 Å². The van der Waals surface area contributed by atoms with Crippen LogP contribution >= 0.6 is 0 Å². The Balaban J connectivity index is 2.74. The second-order valence-corrected chi connectivity index (χ2v) is 4.10. The minimum Gasteiger partial charge on any atom is -0.425 e. The highest BCUT2D eigenvalue weighted by Gasteiger charge is 2.05. The summed E-state index contributed by atoms with van der Waals surface area (Å²) in [6.45, 7) is 3.55. The van der Waals surface area contributed by atoms with Gasteiger partial charge >= 0.3 is 5.97 Å². The molecular formula is C10H13NO2Si. The van der Waals surface area contributed by atoms with E-state index in [1.54, 1.807) is 18.3 Å². The molecule has 0 unspecified atom stereocenters. The Kier molecular flexibility index (Phi) is 4.32. The van der Waals surface area contributed by atoms with Crippen molar-refractivity contribution >= 4 is 15.5 Å². The van der Waals surface area contributed by atoms with Crippen molar-refractivity contribution in [1.82, 2.24) is 4.98 Å². The molecule has 0 N–H and O–H groups in total. The van der Waals surface area contributed by atoms with Gasteiger partial charge in [-0.05, 0) is 18.6 Å². The summed E-state index contributed by atoms with van der Waals surface area (Å²) in [5, 5.41) is 0. The zero-order valence-electron chi connectivity index (χ0n) is 8.41. The molecule has 0 atom stereocenters. The maximum atomic E-state index is 10.8. The molecule has 0 bridgehead atoms. The van der Waals surface area contributed by atoms with Crippen LogP contribution < -0.4 is 4.74 Å². The number of pyridine rings is 1. The molecule has 2 radical (unpaired) electrons. The summed E-state index contributed by atoms with van der Waals surface area (Å²) in [7, 11) is 0.895. The van der Waals surface area contributed by atoms with Gasteiger partial charge in [-0.2, -0.15) is 0 Å². The summed E-state index contributed by atoms with van der Waals surface area (Å²) in [4.78, 5) is 15.0. The molecule has 0 amide bonds. The average Bonchev–Trinajstić information content (AvgIpc) is 2.16. The molecule has 0 aliphatic rings. The van der Waals surface area contributed by atoms with Crippen molar-refractivity contribution in [3.63, 3.8) is 0 Å². The van der Waals surface area contributed by atoms with Crippen LogP contribution in [0.15, 0.2) is 18.3 Å². The summed E-state index contributed by atoms with van der Waals surface area (Å²) in [6.07, 6.45) is 2.60. The molecule has 0 spiro atoms. The first-order valence-corrected chi connectivity index (χ1v) is 6.21. The lowest BCUT2D eigenvalue weighted by Gasteiger charge is -2.06. The van der Waals surface area contributed by atoms with E-state index in [0.29, 0.717) is 5.75 Å². The van der Waals surface area contributed by atoms with Crippen molar-refractivity contribution in [1.29, 1.82) is 0 Å². The molecule has 14 heavy (non-hydrogen) atoms. The molecule has 3 nitrogen and oxygen atoms in total. The number of hydrogen-bond acceptors (Lipinski definition) is 3. The van der Waals surface area contributed by atoms with Gasteiger partial charge in [-0.15, -0.1) is 0 Å². The largest absolute Gasteiger partial charge is 0.425 e. The SMILES string of the molecule is C[Si]CCc1ncccc1OC(C)=O. The molecule has 0 aromatic carbocycles. The molecule has 0 aliphatic heterocycles. The number of aromatic nitrogens is 1. The normalized spacial score (nSPS) is 9.86. The first kappa shape index (κ1) is 10.9. The third-order valence-electron chi connectivity index (χ3n) is 1.71. The molecule has 74 valence electrons. The van der Waals surface area contributed by atoms with Crippen LogP contribution in [-0.4, -0.2) is 20.5 Å². The second-order valence-electron chi connectivity index (χ2n) is 2.90. The van der Waals surface area contributed by atoms with Crippen LogP contribution in [0, 0.1) is 0 Å². The number of aryl methyl sites for hydroxylation is 1. The highest BCUT2D eigenvalue weighted by molar-refractivity contribution is 6.33. The number of carbonyl (C=O) groups excluding carboxylic acids is 1. The molecule has 1 rings (SSSR count). The highest BCUT2D eigenvalue weighted by Crippen LogP contribution is 2.16. The topological polar surface area (TPSA) is 39.2 Å². The lowest BCUT2D eigenvalue weighted by molar-refractivity contribution is -0.131. The van der Waals surface area contributed by atoms with E-state index in [4.69, 9.17) is 4.74 Å². The zero-order chi connectivity index (χ0) is 10.4. The number of hydrogen-bond donors (Lipinski definition) is 0. The molecule has 0 saturated carbocycles. The molecule has 0 saturated heterocycles. The molecule has 1 aromatic heterocycles. The fourth-order valence-corrected chi connectivity index (χ4v) is 1.59. The van der Waals surface area contributed by atoms with Crippen LogP contribution in [0.3, 0.4) is 0 Å². The van der Waals surface area contributed by atoms with Crippen molar-refractivity contribution in [2.24, 2.45) is 0 Å². The van der Waals surface area contributed by atoms with Gasteiger partial charge in [0.25, 0.3) is 0 Å². The fourth-order valence-electron chi connectivity index (χ4n) is 1.10. The summed E-state index contributed by atoms with van der Waals surface area (Å²) in [5.74, 6) is 0.302. The highest BCUT2D eigenvalue weighted by atomic mass is 28.2. The molecule has 4 heteroatoms. The minimum absolute atomic E-state index is 0.293. The van der Waals surface area contributed by atoms with Crippen LogP contribution in [0.5, 0.6) is 5.75 Å². The lowest BCUT2D eigenvalue weighted by Crippen LogP contribution is -2.05. The van der Waals surface area contributed by atoms with Crippen molar-refractivity contribution in [2.75, 3.05) is 0 Å². The van der Waals surface area contributed by atoms with Gasteiger partial charge in [-0.1, -0.05) is 12.6 Å². The maximum absolute atomic E-state index is 10.8.